The summed E-state index contributed by atoms with van der Waals surface area (Å²) in [5.41, 5.74) is 0.638. The summed E-state index contributed by atoms with van der Waals surface area (Å²) in [6.45, 7) is 4.61. The molecule has 3 N–H and O–H groups in total. The number of carbonyl (C=O) groups excluding carboxylic acids is 1. The Labute approximate surface area is 123 Å². The van der Waals surface area contributed by atoms with Crippen molar-refractivity contribution >= 4 is 27.5 Å². The fraction of sp³-hybridized carbons (Fsp3) is 0.455. The Morgan fingerprint density at radius 1 is 1.60 bits per heavy atom. The molecular weight excluding hydrogens is 332 g/mol. The molecule has 0 saturated carbocycles. The van der Waals surface area contributed by atoms with Gasteiger partial charge in [0.15, 0.2) is 0 Å². The van der Waals surface area contributed by atoms with Crippen LogP contribution in [0.3, 0.4) is 0 Å². The van der Waals surface area contributed by atoms with Crippen LogP contribution >= 0.6 is 15.9 Å². The van der Waals surface area contributed by atoms with Crippen molar-refractivity contribution in [2.24, 2.45) is 11.3 Å². The highest BCUT2D eigenvalue weighted by atomic mass is 79.9. The predicted molar refractivity (Wildman–Crippen MR) is 75.9 cm³/mol. The molecule has 0 atom stereocenters. The minimum atomic E-state index is -0.985. The maximum Gasteiger partial charge on any atom is 0.289 e. The van der Waals surface area contributed by atoms with E-state index in [1.807, 2.05) is 5.43 Å². The van der Waals surface area contributed by atoms with Crippen LogP contribution in [0, 0.1) is 22.5 Å². The van der Waals surface area contributed by atoms with E-state index in [-0.39, 0.29) is 22.3 Å². The fourth-order valence-electron chi connectivity index (χ4n) is 1.70. The van der Waals surface area contributed by atoms with Crippen molar-refractivity contribution in [3.05, 3.63) is 36.7 Å². The lowest BCUT2D eigenvalue weighted by molar-refractivity contribution is -0.386. The molecule has 110 valence electrons. The van der Waals surface area contributed by atoms with Crippen molar-refractivity contribution < 1.29 is 9.72 Å². The van der Waals surface area contributed by atoms with Gasteiger partial charge in [0.25, 0.3) is 11.2 Å². The van der Waals surface area contributed by atoms with E-state index in [1.165, 1.54) is 6.92 Å². The Bertz CT molecular complexity index is 624. The predicted octanol–water partition coefficient (Wildman–Crippen LogP) is 0.844. The molecule has 0 saturated heterocycles. The van der Waals surface area contributed by atoms with Crippen molar-refractivity contribution in [2.45, 2.75) is 27.3 Å². The average molecular weight is 347 g/mol. The second-order valence-corrected chi connectivity index (χ2v) is 5.79. The summed E-state index contributed by atoms with van der Waals surface area (Å²) >= 11 is 3.05. The van der Waals surface area contributed by atoms with Gasteiger partial charge >= 0.3 is 0 Å². The maximum atomic E-state index is 12.1. The molecule has 1 aromatic heterocycles. The summed E-state index contributed by atoms with van der Waals surface area (Å²) in [4.78, 5) is 34.1. The van der Waals surface area contributed by atoms with E-state index in [0.717, 1.165) is 10.8 Å². The average Bonchev–Trinajstić information content (AvgIpc) is 2.37. The number of hydrazine groups is 1. The molecule has 0 aliphatic rings. The van der Waals surface area contributed by atoms with Gasteiger partial charge in [-0.15, -0.1) is 0 Å². The largest absolute Gasteiger partial charge is 0.307 e. The van der Waals surface area contributed by atoms with Crippen LogP contribution in [0.2, 0.25) is 0 Å². The summed E-state index contributed by atoms with van der Waals surface area (Å²) < 4.78 is 1.24. The van der Waals surface area contributed by atoms with Crippen LogP contribution in [0.1, 0.15) is 19.4 Å². The maximum absolute atomic E-state index is 12.1. The van der Waals surface area contributed by atoms with E-state index >= 15 is 0 Å². The minimum Gasteiger partial charge on any atom is -0.307 e. The number of aromatic nitrogens is 1. The second-order valence-electron chi connectivity index (χ2n) is 5.00. The van der Waals surface area contributed by atoms with Crippen molar-refractivity contribution in [1.29, 1.82) is 0 Å². The highest BCUT2D eigenvalue weighted by molar-refractivity contribution is 9.10. The van der Waals surface area contributed by atoms with E-state index in [0.29, 0.717) is 0 Å². The van der Waals surface area contributed by atoms with E-state index in [2.05, 4.69) is 15.9 Å². The lowest BCUT2D eigenvalue weighted by Crippen LogP contribution is -2.44. The number of hydrogen-bond acceptors (Lipinski definition) is 5. The molecule has 0 aliphatic heterocycles. The molecule has 0 spiro atoms. The van der Waals surface area contributed by atoms with Gasteiger partial charge in [0.1, 0.15) is 0 Å². The molecule has 8 nitrogen and oxygen atoms in total. The molecule has 20 heavy (non-hydrogen) atoms. The molecule has 0 radical (unpaired) electrons. The zero-order valence-electron chi connectivity index (χ0n) is 11.3. The number of amides is 1. The van der Waals surface area contributed by atoms with E-state index in [1.54, 1.807) is 13.8 Å². The molecule has 0 aromatic carbocycles. The lowest BCUT2D eigenvalue weighted by Gasteiger charge is -2.23. The fourth-order valence-corrected chi connectivity index (χ4v) is 2.13. The number of nitro groups is 1. The Morgan fingerprint density at radius 2 is 2.15 bits per heavy atom. The first-order valence-electron chi connectivity index (χ1n) is 5.66. The molecule has 0 aliphatic carbocycles. The Kier molecular flexibility index (Phi) is 4.66. The van der Waals surface area contributed by atoms with Crippen LogP contribution in [0.15, 0.2) is 15.5 Å². The number of nitrogens with zero attached hydrogens (tertiary/aromatic N) is 2. The van der Waals surface area contributed by atoms with Crippen LogP contribution in [0.5, 0.6) is 0 Å². The van der Waals surface area contributed by atoms with Gasteiger partial charge in [-0.1, -0.05) is 0 Å². The Balaban J connectivity index is 3.37. The number of halogens is 1. The normalized spacial score (nSPS) is 11.2. The quantitative estimate of drug-likeness (QED) is 0.362. The topological polar surface area (TPSA) is 120 Å². The molecule has 9 heteroatoms. The standard InChI is InChI=1S/C11H15BrN4O4/c1-6-7(16(19)20)4-15(9(17)8(6)12)5-11(2,3)10(18)14-13/h4H,5,13H2,1-3H3,(H,14,18). The molecule has 1 rings (SSSR count). The highest BCUT2D eigenvalue weighted by Gasteiger charge is 2.29. The van der Waals surface area contributed by atoms with Crippen LogP contribution in [-0.2, 0) is 11.3 Å². The summed E-state index contributed by atoms with van der Waals surface area (Å²) in [6, 6.07) is 0. The van der Waals surface area contributed by atoms with Gasteiger partial charge in [0, 0.05) is 12.1 Å². The third kappa shape index (κ3) is 3.05. The monoisotopic (exact) mass is 346 g/mol. The first kappa shape index (κ1) is 16.3. The van der Waals surface area contributed by atoms with Crippen molar-refractivity contribution in [2.75, 3.05) is 0 Å². The summed E-state index contributed by atoms with van der Waals surface area (Å²) in [7, 11) is 0. The molecule has 1 heterocycles. The van der Waals surface area contributed by atoms with Crippen molar-refractivity contribution in [1.82, 2.24) is 9.99 Å². The van der Waals surface area contributed by atoms with Crippen molar-refractivity contribution in [3.8, 4) is 0 Å². The number of pyridine rings is 1. The zero-order chi connectivity index (χ0) is 15.7. The third-order valence-electron chi connectivity index (χ3n) is 2.95. The first-order valence-corrected chi connectivity index (χ1v) is 6.46. The van der Waals surface area contributed by atoms with Crippen molar-refractivity contribution in [3.63, 3.8) is 0 Å². The first-order chi connectivity index (χ1) is 9.11. The summed E-state index contributed by atoms with van der Waals surface area (Å²) in [6.07, 6.45) is 1.13. The molecule has 0 fully saturated rings. The molecule has 0 bridgehead atoms. The third-order valence-corrected chi connectivity index (χ3v) is 3.88. The van der Waals surface area contributed by atoms with Crippen LogP contribution in [0.4, 0.5) is 5.69 Å². The molecule has 0 unspecified atom stereocenters. The minimum absolute atomic E-state index is 0.0331. The van der Waals surface area contributed by atoms with Gasteiger partial charge in [-0.25, -0.2) is 5.84 Å². The van der Waals surface area contributed by atoms with Crippen LogP contribution in [0.25, 0.3) is 0 Å². The highest BCUT2D eigenvalue weighted by Crippen LogP contribution is 2.24. The number of rotatable bonds is 4. The molecule has 1 aromatic rings. The van der Waals surface area contributed by atoms with Crippen LogP contribution < -0.4 is 16.8 Å². The Hall–Kier alpha value is -1.74. The smallest absolute Gasteiger partial charge is 0.289 e. The van der Waals surface area contributed by atoms with E-state index in [9.17, 15) is 19.7 Å². The summed E-state index contributed by atoms with van der Waals surface area (Å²) in [5, 5.41) is 11.0. The lowest BCUT2D eigenvalue weighted by atomic mass is 9.92. The van der Waals surface area contributed by atoms with Gasteiger partial charge < -0.3 is 4.57 Å². The van der Waals surface area contributed by atoms with E-state index in [4.69, 9.17) is 5.84 Å². The number of nitrogens with one attached hydrogen (secondary N) is 1. The second kappa shape index (κ2) is 5.71. The number of hydrogen-bond donors (Lipinski definition) is 2. The van der Waals surface area contributed by atoms with Gasteiger partial charge in [0.05, 0.1) is 21.0 Å². The van der Waals surface area contributed by atoms with Gasteiger partial charge in [-0.05, 0) is 36.7 Å². The van der Waals surface area contributed by atoms with E-state index < -0.39 is 21.8 Å². The van der Waals surface area contributed by atoms with Gasteiger partial charge in [-0.3, -0.25) is 25.1 Å². The van der Waals surface area contributed by atoms with Crippen LogP contribution in [-0.4, -0.2) is 15.4 Å². The molecule has 1 amide bonds. The van der Waals surface area contributed by atoms with Gasteiger partial charge in [-0.2, -0.15) is 0 Å². The molecular formula is C11H15BrN4O4. The number of carbonyl (C=O) groups is 1. The zero-order valence-corrected chi connectivity index (χ0v) is 12.9. The Morgan fingerprint density at radius 3 is 2.60 bits per heavy atom. The summed E-state index contributed by atoms with van der Waals surface area (Å²) in [5.74, 6) is 4.61. The van der Waals surface area contributed by atoms with Gasteiger partial charge in [0.2, 0.25) is 5.91 Å². The number of nitrogens with two attached hydrogens (primary N) is 1. The SMILES string of the molecule is Cc1c([N+](=O)[O-])cn(CC(C)(C)C(=O)NN)c(=O)c1Br.